The number of fused-ring (bicyclic) bond motifs is 1. The van der Waals surface area contributed by atoms with Crippen LogP contribution in [-0.2, 0) is 16.0 Å². The van der Waals surface area contributed by atoms with Crippen molar-refractivity contribution in [1.29, 1.82) is 0 Å². The number of hydrogen-bond donors (Lipinski definition) is 2. The third-order valence-electron chi connectivity index (χ3n) is 3.30. The Kier molecular flexibility index (Phi) is 3.22. The van der Waals surface area contributed by atoms with Crippen LogP contribution in [0.2, 0.25) is 0 Å². The van der Waals surface area contributed by atoms with E-state index in [-0.39, 0.29) is 12.5 Å². The Morgan fingerprint density at radius 2 is 2.20 bits per heavy atom. The molecule has 0 spiro atoms. The minimum atomic E-state index is -0.979. The summed E-state index contributed by atoms with van der Waals surface area (Å²) in [7, 11) is 0. The zero-order valence-corrected chi connectivity index (χ0v) is 10.8. The molecule has 1 heterocycles. The number of ether oxygens (including phenoxy) is 2. The molecule has 20 heavy (non-hydrogen) atoms. The highest BCUT2D eigenvalue weighted by atomic mass is 16.5. The number of carbonyl (C=O) groups excluding carboxylic acids is 1. The van der Waals surface area contributed by atoms with Crippen LogP contribution in [0.3, 0.4) is 0 Å². The second kappa shape index (κ2) is 5.03. The van der Waals surface area contributed by atoms with Gasteiger partial charge in [0.15, 0.2) is 12.7 Å². The van der Waals surface area contributed by atoms with Crippen LogP contribution >= 0.6 is 0 Å². The van der Waals surface area contributed by atoms with Crippen molar-refractivity contribution in [3.8, 4) is 11.5 Å². The van der Waals surface area contributed by atoms with Crippen LogP contribution in [0.5, 0.6) is 11.5 Å². The SMILES string of the molecule is O=C(COc1ccc2c(c1)OC(C(=O)O)C2)NC1CC1. The molecule has 2 N–H and O–H groups in total. The number of rotatable bonds is 5. The van der Waals surface area contributed by atoms with E-state index in [4.69, 9.17) is 14.6 Å². The summed E-state index contributed by atoms with van der Waals surface area (Å²) in [5.74, 6) is -0.108. The fourth-order valence-corrected chi connectivity index (χ4v) is 2.08. The van der Waals surface area contributed by atoms with Crippen LogP contribution in [0.4, 0.5) is 0 Å². The lowest BCUT2D eigenvalue weighted by molar-refractivity contribution is -0.144. The predicted molar refractivity (Wildman–Crippen MR) is 68.9 cm³/mol. The molecule has 0 aromatic heterocycles. The van der Waals surface area contributed by atoms with E-state index in [0.717, 1.165) is 18.4 Å². The van der Waals surface area contributed by atoms with Crippen molar-refractivity contribution in [2.75, 3.05) is 6.61 Å². The third kappa shape index (κ3) is 2.84. The summed E-state index contributed by atoms with van der Waals surface area (Å²) in [5, 5.41) is 11.7. The normalized spacial score (nSPS) is 19.9. The van der Waals surface area contributed by atoms with Gasteiger partial charge in [-0.1, -0.05) is 6.07 Å². The number of carbonyl (C=O) groups is 2. The smallest absolute Gasteiger partial charge is 0.345 e. The summed E-state index contributed by atoms with van der Waals surface area (Å²) in [6.45, 7) is -0.0440. The molecule has 6 heteroatoms. The van der Waals surface area contributed by atoms with Crippen molar-refractivity contribution in [2.45, 2.75) is 31.4 Å². The first-order valence-electron chi connectivity index (χ1n) is 6.56. The molecule has 0 saturated heterocycles. The fraction of sp³-hybridized carbons (Fsp3) is 0.429. The van der Waals surface area contributed by atoms with Gasteiger partial charge < -0.3 is 19.9 Å². The number of carboxylic acids is 1. The van der Waals surface area contributed by atoms with E-state index in [0.29, 0.717) is 24.0 Å². The molecule has 0 radical (unpaired) electrons. The van der Waals surface area contributed by atoms with E-state index >= 15 is 0 Å². The Hall–Kier alpha value is -2.24. The predicted octanol–water partition coefficient (Wildman–Crippen LogP) is 0.732. The minimum Gasteiger partial charge on any atom is -0.484 e. The molecule has 1 saturated carbocycles. The maximum absolute atomic E-state index is 11.5. The van der Waals surface area contributed by atoms with Crippen molar-refractivity contribution in [3.05, 3.63) is 23.8 Å². The lowest BCUT2D eigenvalue weighted by Crippen LogP contribution is -2.30. The van der Waals surface area contributed by atoms with Crippen molar-refractivity contribution >= 4 is 11.9 Å². The van der Waals surface area contributed by atoms with Gasteiger partial charge in [0.2, 0.25) is 0 Å². The molecular weight excluding hydrogens is 262 g/mol. The quantitative estimate of drug-likeness (QED) is 0.829. The fourth-order valence-electron chi connectivity index (χ4n) is 2.08. The van der Waals surface area contributed by atoms with E-state index in [1.54, 1.807) is 18.2 Å². The lowest BCUT2D eigenvalue weighted by atomic mass is 10.1. The number of benzene rings is 1. The van der Waals surface area contributed by atoms with Crippen LogP contribution in [0.25, 0.3) is 0 Å². The number of carboxylic acid groups (broad SMARTS) is 1. The van der Waals surface area contributed by atoms with Gasteiger partial charge in [0.1, 0.15) is 11.5 Å². The molecule has 1 atom stereocenters. The van der Waals surface area contributed by atoms with Gasteiger partial charge in [0.25, 0.3) is 5.91 Å². The maximum atomic E-state index is 11.5. The second-order valence-electron chi connectivity index (χ2n) is 5.05. The number of aliphatic carboxylic acids is 1. The standard InChI is InChI=1S/C14H15NO5/c16-13(15-9-2-3-9)7-19-10-4-1-8-5-12(14(17)18)20-11(8)6-10/h1,4,6,9,12H,2-3,5,7H2,(H,15,16)(H,17,18). The third-order valence-corrected chi connectivity index (χ3v) is 3.30. The van der Waals surface area contributed by atoms with Gasteiger partial charge in [0, 0.05) is 18.5 Å². The zero-order valence-electron chi connectivity index (χ0n) is 10.8. The molecule has 1 aliphatic carbocycles. The number of amides is 1. The van der Waals surface area contributed by atoms with Crippen LogP contribution in [-0.4, -0.2) is 35.7 Å². The topological polar surface area (TPSA) is 84.9 Å². The van der Waals surface area contributed by atoms with Gasteiger partial charge in [-0.15, -0.1) is 0 Å². The summed E-state index contributed by atoms with van der Waals surface area (Å²) >= 11 is 0. The Bertz CT molecular complexity index is 552. The molecule has 6 nitrogen and oxygen atoms in total. The molecule has 1 amide bonds. The van der Waals surface area contributed by atoms with E-state index < -0.39 is 12.1 Å². The van der Waals surface area contributed by atoms with Gasteiger partial charge >= 0.3 is 5.97 Å². The highest BCUT2D eigenvalue weighted by molar-refractivity contribution is 5.78. The first-order valence-corrected chi connectivity index (χ1v) is 6.56. The summed E-state index contributed by atoms with van der Waals surface area (Å²) < 4.78 is 10.7. The first kappa shape index (κ1) is 12.8. The maximum Gasteiger partial charge on any atom is 0.345 e. The minimum absolute atomic E-state index is 0.0440. The van der Waals surface area contributed by atoms with Gasteiger partial charge in [-0.2, -0.15) is 0 Å². The lowest BCUT2D eigenvalue weighted by Gasteiger charge is -2.08. The molecule has 1 aromatic rings. The molecule has 1 aliphatic heterocycles. The Labute approximate surface area is 115 Å². The van der Waals surface area contributed by atoms with E-state index in [1.165, 1.54) is 0 Å². The molecule has 106 valence electrons. The molecule has 1 unspecified atom stereocenters. The Balaban J connectivity index is 1.57. The highest BCUT2D eigenvalue weighted by Gasteiger charge is 2.29. The van der Waals surface area contributed by atoms with E-state index in [1.807, 2.05) is 0 Å². The molecule has 1 aromatic carbocycles. The van der Waals surface area contributed by atoms with Gasteiger partial charge in [0.05, 0.1) is 0 Å². The molecular formula is C14H15NO5. The number of nitrogens with one attached hydrogen (secondary N) is 1. The molecule has 1 fully saturated rings. The summed E-state index contributed by atoms with van der Waals surface area (Å²) in [6, 6.07) is 5.43. The van der Waals surface area contributed by atoms with Crippen molar-refractivity contribution < 1.29 is 24.2 Å². The van der Waals surface area contributed by atoms with E-state index in [9.17, 15) is 9.59 Å². The van der Waals surface area contributed by atoms with Crippen molar-refractivity contribution in [1.82, 2.24) is 5.32 Å². The monoisotopic (exact) mass is 277 g/mol. The molecule has 3 rings (SSSR count). The second-order valence-corrected chi connectivity index (χ2v) is 5.05. The Morgan fingerprint density at radius 1 is 1.40 bits per heavy atom. The van der Waals surface area contributed by atoms with E-state index in [2.05, 4.69) is 5.32 Å². The highest BCUT2D eigenvalue weighted by Crippen LogP contribution is 2.32. The summed E-state index contributed by atoms with van der Waals surface area (Å²) in [6.07, 6.45) is 1.59. The van der Waals surface area contributed by atoms with Gasteiger partial charge in [-0.25, -0.2) is 4.79 Å². The van der Waals surface area contributed by atoms with Crippen LogP contribution in [0, 0.1) is 0 Å². The zero-order chi connectivity index (χ0) is 14.1. The average molecular weight is 277 g/mol. The molecule has 0 bridgehead atoms. The van der Waals surface area contributed by atoms with Crippen LogP contribution in [0.1, 0.15) is 18.4 Å². The number of hydrogen-bond acceptors (Lipinski definition) is 4. The Morgan fingerprint density at radius 3 is 2.90 bits per heavy atom. The summed E-state index contributed by atoms with van der Waals surface area (Å²) in [5.41, 5.74) is 0.840. The van der Waals surface area contributed by atoms with Gasteiger partial charge in [-0.3, -0.25) is 4.79 Å². The van der Waals surface area contributed by atoms with Crippen LogP contribution < -0.4 is 14.8 Å². The van der Waals surface area contributed by atoms with Gasteiger partial charge in [-0.05, 0) is 24.5 Å². The van der Waals surface area contributed by atoms with Crippen molar-refractivity contribution in [3.63, 3.8) is 0 Å². The summed E-state index contributed by atoms with van der Waals surface area (Å²) in [4.78, 5) is 22.4. The van der Waals surface area contributed by atoms with Crippen molar-refractivity contribution in [2.24, 2.45) is 0 Å². The van der Waals surface area contributed by atoms with Crippen LogP contribution in [0.15, 0.2) is 18.2 Å². The largest absolute Gasteiger partial charge is 0.484 e. The average Bonchev–Trinajstić information content (AvgIpc) is 3.11. The first-order chi connectivity index (χ1) is 9.61. The molecule has 2 aliphatic rings.